The number of nitrogens with two attached hydrogens (primary N) is 1. The van der Waals surface area contributed by atoms with Crippen molar-refractivity contribution in [3.05, 3.63) is 35.4 Å². The molecular weight excluding hydrogens is 271 g/mol. The summed E-state index contributed by atoms with van der Waals surface area (Å²) in [6.07, 6.45) is -4.70. The molecule has 102 valence electrons. The van der Waals surface area contributed by atoms with E-state index in [4.69, 9.17) is 10.8 Å². The summed E-state index contributed by atoms with van der Waals surface area (Å²) in [5, 5.41) is 8.77. The molecule has 0 aromatic heterocycles. The fraction of sp³-hybridized carbons (Fsp3) is 0.364. The monoisotopic (exact) mass is 283 g/mol. The molecule has 0 heterocycles. The molecular formula is C11H13ClF3NO2. The summed E-state index contributed by atoms with van der Waals surface area (Å²) in [4.78, 5) is 10.7. The van der Waals surface area contributed by atoms with Crippen LogP contribution < -0.4 is 5.73 Å². The summed E-state index contributed by atoms with van der Waals surface area (Å²) in [5.74, 6) is -2.19. The van der Waals surface area contributed by atoms with E-state index in [1.54, 1.807) is 0 Å². The molecule has 1 aromatic rings. The molecule has 0 radical (unpaired) electrons. The normalized spacial score (nSPS) is 12.7. The number of aliphatic carboxylic acids is 1. The second kappa shape index (κ2) is 6.61. The molecule has 0 spiro atoms. The Morgan fingerprint density at radius 1 is 1.33 bits per heavy atom. The van der Waals surface area contributed by atoms with Crippen molar-refractivity contribution >= 4 is 18.4 Å². The summed E-state index contributed by atoms with van der Waals surface area (Å²) in [6.45, 7) is -0.193. The molecule has 0 aliphatic carbocycles. The van der Waals surface area contributed by atoms with Crippen molar-refractivity contribution in [2.45, 2.75) is 12.6 Å². The third kappa shape index (κ3) is 4.19. The lowest BCUT2D eigenvalue weighted by molar-refractivity contribution is -0.143. The maximum absolute atomic E-state index is 12.6. The van der Waals surface area contributed by atoms with Gasteiger partial charge in [-0.05, 0) is 18.1 Å². The Balaban J connectivity index is 0.00000289. The molecule has 0 amide bonds. The lowest BCUT2D eigenvalue weighted by atomic mass is 9.95. The van der Waals surface area contributed by atoms with Crippen molar-refractivity contribution in [3.8, 4) is 0 Å². The first kappa shape index (κ1) is 16.7. The maximum Gasteiger partial charge on any atom is 0.416 e. The van der Waals surface area contributed by atoms with Crippen LogP contribution in [-0.4, -0.2) is 17.6 Å². The van der Waals surface area contributed by atoms with Crippen LogP contribution in [0.15, 0.2) is 24.3 Å². The molecule has 0 aliphatic heterocycles. The smallest absolute Gasteiger partial charge is 0.416 e. The van der Waals surface area contributed by atoms with Gasteiger partial charge in [-0.2, -0.15) is 13.2 Å². The molecule has 0 aliphatic rings. The van der Waals surface area contributed by atoms with Gasteiger partial charge < -0.3 is 10.8 Å². The van der Waals surface area contributed by atoms with E-state index in [-0.39, 0.29) is 30.9 Å². The minimum Gasteiger partial charge on any atom is -0.481 e. The van der Waals surface area contributed by atoms with Crippen molar-refractivity contribution in [1.29, 1.82) is 0 Å². The molecule has 0 unspecified atom stereocenters. The third-order valence-corrected chi connectivity index (χ3v) is 2.42. The van der Waals surface area contributed by atoms with Crippen LogP contribution in [0.1, 0.15) is 11.1 Å². The molecule has 1 aromatic carbocycles. The van der Waals surface area contributed by atoms with E-state index >= 15 is 0 Å². The van der Waals surface area contributed by atoms with Crippen molar-refractivity contribution in [1.82, 2.24) is 0 Å². The second-order valence-electron chi connectivity index (χ2n) is 3.63. The number of halogens is 4. The van der Waals surface area contributed by atoms with E-state index in [1.807, 2.05) is 0 Å². The predicted octanol–water partition coefficient (Wildman–Crippen LogP) is 2.33. The van der Waals surface area contributed by atoms with Crippen molar-refractivity contribution < 1.29 is 23.1 Å². The predicted molar refractivity (Wildman–Crippen MR) is 62.6 cm³/mol. The van der Waals surface area contributed by atoms with Gasteiger partial charge in [0.2, 0.25) is 0 Å². The zero-order valence-electron chi connectivity index (χ0n) is 9.28. The molecule has 1 atom stereocenters. The van der Waals surface area contributed by atoms with Gasteiger partial charge in [0.25, 0.3) is 0 Å². The number of carboxylic acid groups (broad SMARTS) is 1. The second-order valence-corrected chi connectivity index (χ2v) is 3.63. The van der Waals surface area contributed by atoms with Crippen molar-refractivity contribution in [3.63, 3.8) is 0 Å². The number of benzene rings is 1. The van der Waals surface area contributed by atoms with E-state index in [9.17, 15) is 18.0 Å². The molecule has 3 nitrogen and oxygen atoms in total. The highest BCUT2D eigenvalue weighted by Crippen LogP contribution is 2.32. The summed E-state index contributed by atoms with van der Waals surface area (Å²) < 4.78 is 37.9. The Morgan fingerprint density at radius 2 is 1.89 bits per heavy atom. The van der Waals surface area contributed by atoms with Crippen LogP contribution in [0.25, 0.3) is 0 Å². The van der Waals surface area contributed by atoms with Crippen molar-refractivity contribution in [2.75, 3.05) is 6.54 Å². The SMILES string of the molecule is Cl.NC[C@H](Cc1ccccc1C(F)(F)F)C(=O)O. The third-order valence-electron chi connectivity index (χ3n) is 2.42. The van der Waals surface area contributed by atoms with Gasteiger partial charge >= 0.3 is 12.1 Å². The summed E-state index contributed by atoms with van der Waals surface area (Å²) in [5.41, 5.74) is 4.37. The molecule has 0 bridgehead atoms. The van der Waals surface area contributed by atoms with Gasteiger partial charge in [-0.3, -0.25) is 4.79 Å². The Labute approximate surface area is 108 Å². The van der Waals surface area contributed by atoms with Crippen LogP contribution >= 0.6 is 12.4 Å². The lowest BCUT2D eigenvalue weighted by Crippen LogP contribution is -2.26. The zero-order valence-corrected chi connectivity index (χ0v) is 10.1. The number of carboxylic acids is 1. The van der Waals surface area contributed by atoms with E-state index in [1.165, 1.54) is 18.2 Å². The van der Waals surface area contributed by atoms with E-state index in [0.717, 1.165) is 6.07 Å². The first-order chi connectivity index (χ1) is 7.86. The van der Waals surface area contributed by atoms with E-state index in [0.29, 0.717) is 0 Å². The molecule has 0 fully saturated rings. The first-order valence-corrected chi connectivity index (χ1v) is 4.94. The highest BCUT2D eigenvalue weighted by molar-refractivity contribution is 5.85. The zero-order chi connectivity index (χ0) is 13.1. The van der Waals surface area contributed by atoms with Crippen LogP contribution in [0.2, 0.25) is 0 Å². The first-order valence-electron chi connectivity index (χ1n) is 4.94. The van der Waals surface area contributed by atoms with Crippen LogP contribution in [0.3, 0.4) is 0 Å². The van der Waals surface area contributed by atoms with Gasteiger partial charge in [0, 0.05) is 6.54 Å². The van der Waals surface area contributed by atoms with Gasteiger partial charge in [0.1, 0.15) is 0 Å². The topological polar surface area (TPSA) is 63.3 Å². The number of carbonyl (C=O) groups is 1. The number of alkyl halides is 3. The summed E-state index contributed by atoms with van der Waals surface area (Å²) >= 11 is 0. The van der Waals surface area contributed by atoms with Crippen molar-refractivity contribution in [2.24, 2.45) is 11.7 Å². The Bertz CT molecular complexity index is 410. The lowest BCUT2D eigenvalue weighted by Gasteiger charge is -2.15. The molecule has 18 heavy (non-hydrogen) atoms. The minimum absolute atomic E-state index is 0. The van der Waals surface area contributed by atoms with Gasteiger partial charge in [-0.25, -0.2) is 0 Å². The highest BCUT2D eigenvalue weighted by atomic mass is 35.5. The number of hydrogen-bond donors (Lipinski definition) is 2. The Hall–Kier alpha value is -1.27. The fourth-order valence-electron chi connectivity index (χ4n) is 1.51. The average molecular weight is 284 g/mol. The molecule has 7 heteroatoms. The quantitative estimate of drug-likeness (QED) is 0.891. The molecule has 0 saturated carbocycles. The number of rotatable bonds is 4. The Morgan fingerprint density at radius 3 is 2.33 bits per heavy atom. The molecule has 3 N–H and O–H groups in total. The van der Waals surface area contributed by atoms with E-state index in [2.05, 4.69) is 0 Å². The van der Waals surface area contributed by atoms with Crippen LogP contribution in [0.5, 0.6) is 0 Å². The summed E-state index contributed by atoms with van der Waals surface area (Å²) in [6, 6.07) is 4.92. The summed E-state index contributed by atoms with van der Waals surface area (Å²) in [7, 11) is 0. The van der Waals surface area contributed by atoms with Gasteiger partial charge in [0.15, 0.2) is 0 Å². The van der Waals surface area contributed by atoms with Gasteiger partial charge in [-0.1, -0.05) is 18.2 Å². The van der Waals surface area contributed by atoms with Crippen LogP contribution in [0, 0.1) is 5.92 Å². The largest absolute Gasteiger partial charge is 0.481 e. The van der Waals surface area contributed by atoms with Crippen LogP contribution in [0.4, 0.5) is 13.2 Å². The standard InChI is InChI=1S/C11H12F3NO2.ClH/c12-11(13,14)9-4-2-1-3-7(9)5-8(6-15)10(16)17;/h1-4,8H,5-6,15H2,(H,16,17);1H/t8-;/m0./s1. The molecule has 1 rings (SSSR count). The Kier molecular flexibility index (Phi) is 6.14. The van der Waals surface area contributed by atoms with E-state index < -0.39 is 23.6 Å². The fourth-order valence-corrected chi connectivity index (χ4v) is 1.51. The maximum atomic E-state index is 12.6. The van der Waals surface area contributed by atoms with Gasteiger partial charge in [-0.15, -0.1) is 12.4 Å². The minimum atomic E-state index is -4.48. The van der Waals surface area contributed by atoms with Gasteiger partial charge in [0.05, 0.1) is 11.5 Å². The number of hydrogen-bond acceptors (Lipinski definition) is 2. The molecule has 0 saturated heterocycles. The highest BCUT2D eigenvalue weighted by Gasteiger charge is 2.33. The van der Waals surface area contributed by atoms with Crippen LogP contribution in [-0.2, 0) is 17.4 Å². The average Bonchev–Trinajstić information content (AvgIpc) is 2.24.